The summed E-state index contributed by atoms with van der Waals surface area (Å²) in [6.07, 6.45) is 3.01. The van der Waals surface area contributed by atoms with Crippen molar-refractivity contribution in [2.45, 2.75) is 32.6 Å². The molecule has 0 radical (unpaired) electrons. The molecule has 4 rings (SSSR count). The molecule has 1 N–H and O–H groups in total. The number of hydrogen-bond donors (Lipinski definition) is 1. The summed E-state index contributed by atoms with van der Waals surface area (Å²) in [5.41, 5.74) is 2.31. The summed E-state index contributed by atoms with van der Waals surface area (Å²) >= 11 is 0. The minimum absolute atomic E-state index is 0.0227. The second kappa shape index (κ2) is 6.65. The van der Waals surface area contributed by atoms with Gasteiger partial charge in [0, 0.05) is 23.5 Å². The lowest BCUT2D eigenvalue weighted by Crippen LogP contribution is -2.45. The van der Waals surface area contributed by atoms with Crippen molar-refractivity contribution < 1.29 is 14.4 Å². The highest BCUT2D eigenvalue weighted by Crippen LogP contribution is 2.49. The third kappa shape index (κ3) is 3.14. The highest BCUT2D eigenvalue weighted by Gasteiger charge is 2.58. The number of nitrogens with one attached hydrogen (secondary N) is 1. The predicted molar refractivity (Wildman–Crippen MR) is 104 cm³/mol. The number of rotatable bonds is 4. The summed E-state index contributed by atoms with van der Waals surface area (Å²) in [5.74, 6) is -0.385. The van der Waals surface area contributed by atoms with Gasteiger partial charge in [-0.25, -0.2) is 0 Å². The average Bonchev–Trinajstić information content (AvgIpc) is 3.49. The SMILES string of the molecule is CC(=O)c1ccc(NC(=O)C2(C(=O)N3CCCc4ccccc43)CC2)cc1. The maximum absolute atomic E-state index is 13.2. The smallest absolute Gasteiger partial charge is 0.242 e. The van der Waals surface area contributed by atoms with E-state index in [1.165, 1.54) is 6.92 Å². The van der Waals surface area contributed by atoms with Crippen LogP contribution in [0.25, 0.3) is 0 Å². The summed E-state index contributed by atoms with van der Waals surface area (Å²) < 4.78 is 0. The van der Waals surface area contributed by atoms with Gasteiger partial charge in [-0.1, -0.05) is 18.2 Å². The molecule has 5 heteroatoms. The van der Waals surface area contributed by atoms with E-state index >= 15 is 0 Å². The van der Waals surface area contributed by atoms with E-state index in [0.29, 0.717) is 30.6 Å². The number of aryl methyl sites for hydroxylation is 1. The number of hydrogen-bond acceptors (Lipinski definition) is 3. The monoisotopic (exact) mass is 362 g/mol. The van der Waals surface area contributed by atoms with Crippen LogP contribution in [0.1, 0.15) is 42.1 Å². The Kier molecular flexibility index (Phi) is 4.30. The summed E-state index contributed by atoms with van der Waals surface area (Å²) in [5, 5.41) is 2.86. The molecule has 0 bridgehead atoms. The van der Waals surface area contributed by atoms with E-state index in [1.807, 2.05) is 24.3 Å². The van der Waals surface area contributed by atoms with Crippen molar-refractivity contribution in [1.82, 2.24) is 0 Å². The number of nitrogens with zero attached hydrogens (tertiary/aromatic N) is 1. The normalized spacial score (nSPS) is 17.0. The van der Waals surface area contributed by atoms with Gasteiger partial charge in [0.05, 0.1) is 0 Å². The van der Waals surface area contributed by atoms with Crippen LogP contribution in [0.2, 0.25) is 0 Å². The number of anilines is 2. The Morgan fingerprint density at radius 2 is 1.70 bits per heavy atom. The zero-order chi connectivity index (χ0) is 19.0. The molecule has 0 unspecified atom stereocenters. The van der Waals surface area contributed by atoms with Gasteiger partial charge in [-0.3, -0.25) is 14.4 Å². The van der Waals surface area contributed by atoms with Gasteiger partial charge < -0.3 is 10.2 Å². The maximum Gasteiger partial charge on any atom is 0.242 e. The van der Waals surface area contributed by atoms with Crippen LogP contribution in [0.15, 0.2) is 48.5 Å². The molecule has 2 amide bonds. The van der Waals surface area contributed by atoms with Crippen LogP contribution in [0.5, 0.6) is 0 Å². The van der Waals surface area contributed by atoms with Crippen molar-refractivity contribution in [2.24, 2.45) is 5.41 Å². The van der Waals surface area contributed by atoms with Crippen LogP contribution in [-0.2, 0) is 16.0 Å². The van der Waals surface area contributed by atoms with Crippen molar-refractivity contribution in [3.63, 3.8) is 0 Å². The lowest BCUT2D eigenvalue weighted by molar-refractivity contribution is -0.132. The van der Waals surface area contributed by atoms with Crippen LogP contribution in [0, 0.1) is 5.41 Å². The molecule has 0 spiro atoms. The highest BCUT2D eigenvalue weighted by atomic mass is 16.2. The van der Waals surface area contributed by atoms with Gasteiger partial charge in [0.1, 0.15) is 5.41 Å². The molecule has 2 aromatic rings. The van der Waals surface area contributed by atoms with Gasteiger partial charge in [0.25, 0.3) is 0 Å². The van der Waals surface area contributed by atoms with Crippen molar-refractivity contribution >= 4 is 29.0 Å². The van der Waals surface area contributed by atoms with E-state index in [0.717, 1.165) is 24.1 Å². The molecule has 1 saturated carbocycles. The molecule has 0 atom stereocenters. The van der Waals surface area contributed by atoms with E-state index < -0.39 is 5.41 Å². The molecule has 138 valence electrons. The molecule has 27 heavy (non-hydrogen) atoms. The number of fused-ring (bicyclic) bond motifs is 1. The van der Waals surface area contributed by atoms with E-state index in [1.54, 1.807) is 29.2 Å². The molecule has 5 nitrogen and oxygen atoms in total. The third-order valence-electron chi connectivity index (χ3n) is 5.50. The molecule has 1 heterocycles. The number of ketones is 1. The predicted octanol–water partition coefficient (Wildman–Crippen LogP) is 3.59. The summed E-state index contributed by atoms with van der Waals surface area (Å²) in [6, 6.07) is 14.7. The summed E-state index contributed by atoms with van der Waals surface area (Å²) in [6.45, 7) is 2.15. The zero-order valence-electron chi connectivity index (χ0n) is 15.3. The summed E-state index contributed by atoms with van der Waals surface area (Å²) in [4.78, 5) is 39.3. The largest absolute Gasteiger partial charge is 0.325 e. The maximum atomic E-state index is 13.2. The van der Waals surface area contributed by atoms with E-state index in [-0.39, 0.29) is 17.6 Å². The van der Waals surface area contributed by atoms with Crippen LogP contribution in [-0.4, -0.2) is 24.1 Å². The lowest BCUT2D eigenvalue weighted by Gasteiger charge is -2.32. The first-order valence-corrected chi connectivity index (χ1v) is 9.34. The minimum atomic E-state index is -0.969. The van der Waals surface area contributed by atoms with Gasteiger partial charge in [-0.05, 0) is 68.5 Å². The lowest BCUT2D eigenvalue weighted by atomic mass is 9.97. The Bertz CT molecular complexity index is 913. The Morgan fingerprint density at radius 1 is 1.00 bits per heavy atom. The number of Topliss-reactive ketones (excluding diaryl/α,β-unsaturated/α-hetero) is 1. The summed E-state index contributed by atoms with van der Waals surface area (Å²) in [7, 11) is 0. The fourth-order valence-electron chi connectivity index (χ4n) is 3.70. The quantitative estimate of drug-likeness (QED) is 0.668. The Hall–Kier alpha value is -2.95. The molecule has 1 aliphatic carbocycles. The molecule has 1 aliphatic heterocycles. The first-order valence-electron chi connectivity index (χ1n) is 9.34. The molecule has 0 aromatic heterocycles. The van der Waals surface area contributed by atoms with Crippen LogP contribution in [0.4, 0.5) is 11.4 Å². The Labute approximate surface area is 158 Å². The standard InChI is InChI=1S/C22H22N2O3/c1-15(25)16-8-10-18(11-9-16)23-20(26)22(12-13-22)21(27)24-14-4-6-17-5-2-3-7-19(17)24/h2-3,5,7-11H,4,6,12-14H2,1H3,(H,23,26). The topological polar surface area (TPSA) is 66.5 Å². The second-order valence-corrected chi connectivity index (χ2v) is 7.36. The zero-order valence-corrected chi connectivity index (χ0v) is 15.3. The Balaban J connectivity index is 1.52. The van der Waals surface area contributed by atoms with Crippen molar-refractivity contribution in [2.75, 3.05) is 16.8 Å². The van der Waals surface area contributed by atoms with E-state index in [4.69, 9.17) is 0 Å². The van der Waals surface area contributed by atoms with E-state index in [9.17, 15) is 14.4 Å². The fraction of sp³-hybridized carbons (Fsp3) is 0.318. The average molecular weight is 362 g/mol. The highest BCUT2D eigenvalue weighted by molar-refractivity contribution is 6.18. The van der Waals surface area contributed by atoms with Gasteiger partial charge in [0.15, 0.2) is 5.78 Å². The molecule has 1 fully saturated rings. The van der Waals surface area contributed by atoms with Crippen molar-refractivity contribution in [1.29, 1.82) is 0 Å². The number of carbonyl (C=O) groups excluding carboxylic acids is 3. The first kappa shape index (κ1) is 17.5. The molecule has 2 aromatic carbocycles. The first-order chi connectivity index (χ1) is 13.0. The molecule has 0 saturated heterocycles. The number of carbonyl (C=O) groups is 3. The molecular formula is C22H22N2O3. The Morgan fingerprint density at radius 3 is 2.37 bits per heavy atom. The van der Waals surface area contributed by atoms with Crippen LogP contribution < -0.4 is 10.2 Å². The van der Waals surface area contributed by atoms with Gasteiger partial charge in [-0.15, -0.1) is 0 Å². The second-order valence-electron chi connectivity index (χ2n) is 7.36. The van der Waals surface area contributed by atoms with Gasteiger partial charge >= 0.3 is 0 Å². The number of amides is 2. The number of para-hydroxylation sites is 1. The van der Waals surface area contributed by atoms with Gasteiger partial charge in [0.2, 0.25) is 11.8 Å². The molecule has 2 aliphatic rings. The minimum Gasteiger partial charge on any atom is -0.325 e. The van der Waals surface area contributed by atoms with E-state index in [2.05, 4.69) is 5.32 Å². The third-order valence-corrected chi connectivity index (χ3v) is 5.50. The van der Waals surface area contributed by atoms with Gasteiger partial charge in [-0.2, -0.15) is 0 Å². The van der Waals surface area contributed by atoms with Crippen LogP contribution >= 0.6 is 0 Å². The fourth-order valence-corrected chi connectivity index (χ4v) is 3.70. The van der Waals surface area contributed by atoms with Crippen LogP contribution in [0.3, 0.4) is 0 Å². The molecular weight excluding hydrogens is 340 g/mol. The number of benzene rings is 2. The van der Waals surface area contributed by atoms with Crippen molar-refractivity contribution in [3.05, 3.63) is 59.7 Å². The van der Waals surface area contributed by atoms with Crippen molar-refractivity contribution in [3.8, 4) is 0 Å².